The molecule has 164 valence electrons. The quantitative estimate of drug-likeness (QED) is 0.279. The van der Waals surface area contributed by atoms with E-state index in [1.165, 1.54) is 0 Å². The van der Waals surface area contributed by atoms with Gasteiger partial charge in [-0.3, -0.25) is 9.59 Å². The number of allylic oxidation sites excluding steroid dienone is 3. The summed E-state index contributed by atoms with van der Waals surface area (Å²) in [5, 5.41) is 23.4. The van der Waals surface area contributed by atoms with Crippen LogP contribution in [0.3, 0.4) is 0 Å². The zero-order chi connectivity index (χ0) is 21.8. The molecule has 0 bridgehead atoms. The number of aliphatic hydroxyl groups is 2. The average molecular weight is 414 g/mol. The lowest BCUT2D eigenvalue weighted by molar-refractivity contribution is -0.121. The smallest absolute Gasteiger partial charge is 0.219 e. The number of carbonyl (C=O) groups excluding carboxylic acids is 2. The summed E-state index contributed by atoms with van der Waals surface area (Å²) >= 11 is 0. The van der Waals surface area contributed by atoms with E-state index in [1.807, 2.05) is 49.4 Å². The second-order valence-electron chi connectivity index (χ2n) is 7.98. The van der Waals surface area contributed by atoms with Gasteiger partial charge in [0.1, 0.15) is 0 Å². The highest BCUT2D eigenvalue weighted by molar-refractivity contribution is 5.89. The molecule has 0 aliphatic heterocycles. The predicted molar refractivity (Wildman–Crippen MR) is 119 cm³/mol. The molecule has 30 heavy (non-hydrogen) atoms. The first-order valence-electron chi connectivity index (χ1n) is 11.0. The molecule has 3 N–H and O–H groups in total. The number of nitrogens with one attached hydrogen (secondary N) is 1. The summed E-state index contributed by atoms with van der Waals surface area (Å²) in [6.07, 6.45) is 10.4. The third-order valence-electron chi connectivity index (χ3n) is 5.65. The lowest BCUT2D eigenvalue weighted by atomic mass is 9.89. The molecule has 1 aromatic carbocycles. The molecule has 0 heterocycles. The Morgan fingerprint density at radius 3 is 2.60 bits per heavy atom. The van der Waals surface area contributed by atoms with Gasteiger partial charge in [0.15, 0.2) is 5.78 Å². The number of aliphatic hydroxyl groups excluding tert-OH is 2. The van der Waals surface area contributed by atoms with Crippen LogP contribution in [-0.4, -0.2) is 40.7 Å². The largest absolute Gasteiger partial charge is 0.393 e. The van der Waals surface area contributed by atoms with Crippen molar-refractivity contribution in [3.8, 4) is 0 Å². The molecule has 0 saturated heterocycles. The van der Waals surface area contributed by atoms with E-state index in [9.17, 15) is 19.8 Å². The van der Waals surface area contributed by atoms with Crippen molar-refractivity contribution in [1.82, 2.24) is 5.32 Å². The highest BCUT2D eigenvalue weighted by Gasteiger charge is 2.39. The summed E-state index contributed by atoms with van der Waals surface area (Å²) in [5.41, 5.74) is 1.13. The molecule has 1 amide bonds. The van der Waals surface area contributed by atoms with Gasteiger partial charge in [-0.15, -0.1) is 0 Å². The van der Waals surface area contributed by atoms with Crippen LogP contribution in [0.5, 0.6) is 0 Å². The van der Waals surface area contributed by atoms with Gasteiger partial charge in [-0.1, -0.05) is 48.6 Å². The Balaban J connectivity index is 1.78. The molecule has 1 aromatic rings. The highest BCUT2D eigenvalue weighted by Crippen LogP contribution is 2.36. The normalized spacial score (nSPS) is 24.0. The Morgan fingerprint density at radius 2 is 1.87 bits per heavy atom. The minimum absolute atomic E-state index is 0.0343. The number of hydrogen-bond acceptors (Lipinski definition) is 4. The summed E-state index contributed by atoms with van der Waals surface area (Å²) in [5.74, 6) is -0.215. The van der Waals surface area contributed by atoms with Gasteiger partial charge in [-0.2, -0.15) is 0 Å². The maximum absolute atomic E-state index is 12.2. The van der Waals surface area contributed by atoms with Crippen LogP contribution in [0.1, 0.15) is 51.0 Å². The van der Waals surface area contributed by atoms with Crippen LogP contribution in [-0.2, 0) is 16.0 Å². The van der Waals surface area contributed by atoms with Crippen molar-refractivity contribution in [2.75, 3.05) is 6.54 Å². The van der Waals surface area contributed by atoms with Crippen molar-refractivity contribution < 1.29 is 19.8 Å². The molecule has 4 atom stereocenters. The van der Waals surface area contributed by atoms with Crippen LogP contribution in [0, 0.1) is 11.8 Å². The topological polar surface area (TPSA) is 86.6 Å². The number of unbranched alkanes of at least 4 members (excludes halogenated alkanes) is 1. The number of ketones is 1. The van der Waals surface area contributed by atoms with Gasteiger partial charge in [0.2, 0.25) is 5.91 Å². The molecule has 0 unspecified atom stereocenters. The van der Waals surface area contributed by atoms with E-state index in [-0.39, 0.29) is 23.5 Å². The zero-order valence-corrected chi connectivity index (χ0v) is 17.9. The number of hydrogen-bond donors (Lipinski definition) is 3. The van der Waals surface area contributed by atoms with Gasteiger partial charge in [0, 0.05) is 31.7 Å². The van der Waals surface area contributed by atoms with Gasteiger partial charge in [-0.25, -0.2) is 0 Å². The Kier molecular flexibility index (Phi) is 10.5. The number of rotatable bonds is 12. The minimum atomic E-state index is -0.630. The van der Waals surface area contributed by atoms with E-state index in [4.69, 9.17) is 0 Å². The van der Waals surface area contributed by atoms with Crippen LogP contribution in [0.25, 0.3) is 0 Å². The van der Waals surface area contributed by atoms with Crippen LogP contribution in [0.15, 0.2) is 54.6 Å². The first kappa shape index (κ1) is 24.0. The van der Waals surface area contributed by atoms with Gasteiger partial charge in [0.05, 0.1) is 12.2 Å². The molecule has 0 aromatic heterocycles. The van der Waals surface area contributed by atoms with Gasteiger partial charge >= 0.3 is 0 Å². The van der Waals surface area contributed by atoms with Gasteiger partial charge in [0.25, 0.3) is 0 Å². The molecule has 1 saturated carbocycles. The van der Waals surface area contributed by atoms with Crippen molar-refractivity contribution >= 4 is 11.7 Å². The molecule has 0 radical (unpaired) electrons. The van der Waals surface area contributed by atoms with E-state index in [1.54, 1.807) is 12.2 Å². The maximum Gasteiger partial charge on any atom is 0.219 e. The summed E-state index contributed by atoms with van der Waals surface area (Å²) in [7, 11) is 0. The van der Waals surface area contributed by atoms with Crippen molar-refractivity contribution in [3.05, 3.63) is 60.2 Å². The summed E-state index contributed by atoms with van der Waals surface area (Å²) in [4.78, 5) is 23.7. The molecular formula is C25H35NO4. The number of carbonyl (C=O) groups is 2. The van der Waals surface area contributed by atoms with E-state index in [0.717, 1.165) is 18.4 Å². The Bertz CT molecular complexity index is 713. The second-order valence-corrected chi connectivity index (χ2v) is 7.98. The third kappa shape index (κ3) is 8.25. The summed E-state index contributed by atoms with van der Waals surface area (Å²) in [6, 6.07) is 9.89. The second kappa shape index (κ2) is 13.1. The standard InChI is InChI=1S/C25H35NO4/c1-2-26-25(30)13-9-4-3-8-12-21-22(24(29)18-23(21)28)17-16-20(27)15-14-19-10-6-5-7-11-19/h3,5-8,10-11,16-17,21-24,28-29H,2,4,9,12-15,18H2,1H3,(H,26,30)/t21-,22-,23+,24-/m1/s1. The Labute approximate surface area is 179 Å². The predicted octanol–water partition coefficient (Wildman–Crippen LogP) is 3.36. The van der Waals surface area contributed by atoms with Crippen molar-refractivity contribution in [2.24, 2.45) is 11.8 Å². The highest BCUT2D eigenvalue weighted by atomic mass is 16.3. The first-order valence-corrected chi connectivity index (χ1v) is 11.0. The lowest BCUT2D eigenvalue weighted by Gasteiger charge is -2.19. The fourth-order valence-electron chi connectivity index (χ4n) is 3.96. The van der Waals surface area contributed by atoms with Crippen LogP contribution >= 0.6 is 0 Å². The molecular weight excluding hydrogens is 378 g/mol. The Morgan fingerprint density at radius 1 is 1.10 bits per heavy atom. The summed E-state index contributed by atoms with van der Waals surface area (Å²) < 4.78 is 0. The SMILES string of the molecule is CCNC(=O)CCCC=CC[C@@H]1[C@@H](C=CC(=O)CCc2ccccc2)[C@H](O)C[C@@H]1O. The molecule has 1 aliphatic rings. The van der Waals surface area contributed by atoms with Crippen LogP contribution < -0.4 is 5.32 Å². The van der Waals surface area contributed by atoms with Crippen molar-refractivity contribution in [1.29, 1.82) is 0 Å². The lowest BCUT2D eigenvalue weighted by Crippen LogP contribution is -2.21. The third-order valence-corrected chi connectivity index (χ3v) is 5.65. The number of aryl methyl sites for hydroxylation is 1. The fraction of sp³-hybridized carbons (Fsp3) is 0.520. The van der Waals surface area contributed by atoms with Crippen LogP contribution in [0.4, 0.5) is 0 Å². The molecule has 5 nitrogen and oxygen atoms in total. The van der Waals surface area contributed by atoms with Crippen molar-refractivity contribution in [2.45, 2.75) is 64.1 Å². The Hall–Kier alpha value is -2.24. The molecule has 0 spiro atoms. The van der Waals surface area contributed by atoms with E-state index in [0.29, 0.717) is 38.6 Å². The minimum Gasteiger partial charge on any atom is -0.393 e. The van der Waals surface area contributed by atoms with Crippen molar-refractivity contribution in [3.63, 3.8) is 0 Å². The molecule has 1 aliphatic carbocycles. The van der Waals surface area contributed by atoms with E-state index >= 15 is 0 Å². The molecule has 1 fully saturated rings. The zero-order valence-electron chi connectivity index (χ0n) is 17.9. The molecule has 2 rings (SSSR count). The average Bonchev–Trinajstić information content (AvgIpc) is 3.00. The van der Waals surface area contributed by atoms with E-state index in [2.05, 4.69) is 5.32 Å². The van der Waals surface area contributed by atoms with Gasteiger partial charge < -0.3 is 15.5 Å². The monoisotopic (exact) mass is 413 g/mol. The summed E-state index contributed by atoms with van der Waals surface area (Å²) in [6.45, 7) is 2.56. The number of benzene rings is 1. The maximum atomic E-state index is 12.2. The van der Waals surface area contributed by atoms with E-state index < -0.39 is 12.2 Å². The molecule has 5 heteroatoms. The first-order chi connectivity index (χ1) is 14.5. The number of amides is 1. The van der Waals surface area contributed by atoms with Gasteiger partial charge in [-0.05, 0) is 50.2 Å². The fourth-order valence-corrected chi connectivity index (χ4v) is 3.96. The van der Waals surface area contributed by atoms with Crippen LogP contribution in [0.2, 0.25) is 0 Å².